The summed E-state index contributed by atoms with van der Waals surface area (Å²) in [6.45, 7) is 3.75. The first kappa shape index (κ1) is 15.5. The number of Topliss-reactive ketones (excluding diaryl/α,β-unsaturated/α-hetero) is 1. The summed E-state index contributed by atoms with van der Waals surface area (Å²) in [5.74, 6) is 0.815. The maximum atomic E-state index is 12.0. The van der Waals surface area contributed by atoms with Crippen LogP contribution in [-0.4, -0.2) is 17.9 Å². The summed E-state index contributed by atoms with van der Waals surface area (Å²) in [6.07, 6.45) is 5.73. The van der Waals surface area contributed by atoms with E-state index in [-0.39, 0.29) is 17.9 Å². The number of nitrogens with one attached hydrogen (secondary N) is 2. The van der Waals surface area contributed by atoms with Crippen LogP contribution in [-0.2, 0) is 0 Å². The van der Waals surface area contributed by atoms with E-state index in [4.69, 9.17) is 0 Å². The summed E-state index contributed by atoms with van der Waals surface area (Å²) in [5.41, 5.74) is 1.26. The van der Waals surface area contributed by atoms with Crippen molar-refractivity contribution in [3.8, 4) is 0 Å². The van der Waals surface area contributed by atoms with Crippen LogP contribution in [0.4, 0.5) is 10.5 Å². The van der Waals surface area contributed by atoms with Gasteiger partial charge < -0.3 is 10.6 Å². The van der Waals surface area contributed by atoms with Crippen molar-refractivity contribution in [1.82, 2.24) is 5.32 Å². The van der Waals surface area contributed by atoms with Crippen LogP contribution in [0.25, 0.3) is 0 Å². The third-order valence-corrected chi connectivity index (χ3v) is 4.29. The highest BCUT2D eigenvalue weighted by Gasteiger charge is 2.21. The number of urea groups is 1. The Kier molecular flexibility index (Phi) is 5.37. The van der Waals surface area contributed by atoms with Gasteiger partial charge in [-0.05, 0) is 50.7 Å². The van der Waals surface area contributed by atoms with Crippen LogP contribution in [0.15, 0.2) is 24.3 Å². The third kappa shape index (κ3) is 4.59. The van der Waals surface area contributed by atoms with Gasteiger partial charge in [-0.1, -0.05) is 25.5 Å². The van der Waals surface area contributed by atoms with Crippen molar-refractivity contribution >= 4 is 17.5 Å². The summed E-state index contributed by atoms with van der Waals surface area (Å²) in [6, 6.07) is 7.10. The number of anilines is 1. The number of carbonyl (C=O) groups excluding carboxylic acids is 2. The standard InChI is InChI=1S/C17H24N2O2/c1-3-13-7-9-15(10-8-13)18-17(21)19-16-6-4-5-14(11-16)12(2)20/h4-6,11,13,15H,3,7-10H2,1-2H3,(H2,18,19,21). The topological polar surface area (TPSA) is 58.2 Å². The van der Waals surface area contributed by atoms with E-state index in [1.807, 2.05) is 0 Å². The molecule has 2 N–H and O–H groups in total. The molecule has 2 rings (SSSR count). The fourth-order valence-electron chi connectivity index (χ4n) is 2.88. The quantitative estimate of drug-likeness (QED) is 0.823. The maximum absolute atomic E-state index is 12.0. The number of amides is 2. The minimum Gasteiger partial charge on any atom is -0.335 e. The normalized spacial score (nSPS) is 21.6. The second-order valence-electron chi connectivity index (χ2n) is 5.86. The van der Waals surface area contributed by atoms with Gasteiger partial charge in [-0.3, -0.25) is 4.79 Å². The number of ketones is 1. The van der Waals surface area contributed by atoms with Crippen molar-refractivity contribution in [1.29, 1.82) is 0 Å². The number of rotatable bonds is 4. The predicted molar refractivity (Wildman–Crippen MR) is 84.6 cm³/mol. The zero-order valence-corrected chi connectivity index (χ0v) is 12.8. The van der Waals surface area contributed by atoms with Gasteiger partial charge in [0.05, 0.1) is 0 Å². The van der Waals surface area contributed by atoms with Gasteiger partial charge in [0.15, 0.2) is 5.78 Å². The summed E-state index contributed by atoms with van der Waals surface area (Å²) < 4.78 is 0. The Bertz CT molecular complexity index is 505. The first-order valence-corrected chi connectivity index (χ1v) is 7.77. The van der Waals surface area contributed by atoms with Crippen LogP contribution in [0.2, 0.25) is 0 Å². The van der Waals surface area contributed by atoms with Crippen LogP contribution < -0.4 is 10.6 Å². The SMILES string of the molecule is CCC1CCC(NC(=O)Nc2cccc(C(C)=O)c2)CC1. The molecule has 0 heterocycles. The first-order valence-electron chi connectivity index (χ1n) is 7.77. The molecular weight excluding hydrogens is 264 g/mol. The molecule has 4 nitrogen and oxygen atoms in total. The predicted octanol–water partition coefficient (Wildman–Crippen LogP) is 3.98. The van der Waals surface area contributed by atoms with Gasteiger partial charge in [-0.25, -0.2) is 4.79 Å². The second kappa shape index (κ2) is 7.25. The van der Waals surface area contributed by atoms with Crippen LogP contribution >= 0.6 is 0 Å². The van der Waals surface area contributed by atoms with Crippen molar-refractivity contribution < 1.29 is 9.59 Å². The molecule has 4 heteroatoms. The highest BCUT2D eigenvalue weighted by molar-refractivity contribution is 5.96. The van der Waals surface area contributed by atoms with Gasteiger partial charge in [-0.2, -0.15) is 0 Å². The molecule has 0 aromatic heterocycles. The molecule has 0 bridgehead atoms. The maximum Gasteiger partial charge on any atom is 0.319 e. The van der Waals surface area contributed by atoms with E-state index in [0.717, 1.165) is 18.8 Å². The molecule has 0 spiro atoms. The van der Waals surface area contributed by atoms with Crippen molar-refractivity contribution in [2.24, 2.45) is 5.92 Å². The molecule has 1 aromatic carbocycles. The monoisotopic (exact) mass is 288 g/mol. The lowest BCUT2D eigenvalue weighted by atomic mass is 9.85. The average molecular weight is 288 g/mol. The lowest BCUT2D eigenvalue weighted by Crippen LogP contribution is -2.40. The Morgan fingerprint density at radius 2 is 1.90 bits per heavy atom. The van der Waals surface area contributed by atoms with E-state index in [0.29, 0.717) is 11.3 Å². The number of carbonyl (C=O) groups is 2. The fourth-order valence-corrected chi connectivity index (χ4v) is 2.88. The van der Waals surface area contributed by atoms with Gasteiger partial charge in [0, 0.05) is 17.3 Å². The Balaban J connectivity index is 1.85. The number of hydrogen-bond donors (Lipinski definition) is 2. The van der Waals surface area contributed by atoms with Crippen LogP contribution in [0.5, 0.6) is 0 Å². The summed E-state index contributed by atoms with van der Waals surface area (Å²) in [5, 5.41) is 5.83. The number of hydrogen-bond acceptors (Lipinski definition) is 2. The zero-order chi connectivity index (χ0) is 15.2. The van der Waals surface area contributed by atoms with Crippen molar-refractivity contribution in [2.45, 2.75) is 52.0 Å². The summed E-state index contributed by atoms with van der Waals surface area (Å²) in [4.78, 5) is 23.3. The average Bonchev–Trinajstić information content (AvgIpc) is 2.48. The van der Waals surface area contributed by atoms with Crippen molar-refractivity contribution in [2.75, 3.05) is 5.32 Å². The highest BCUT2D eigenvalue weighted by Crippen LogP contribution is 2.26. The molecule has 0 unspecified atom stereocenters. The van der Waals surface area contributed by atoms with Crippen LogP contribution in [0, 0.1) is 5.92 Å². The molecule has 1 saturated carbocycles. The molecule has 0 saturated heterocycles. The molecule has 0 atom stereocenters. The Morgan fingerprint density at radius 1 is 1.19 bits per heavy atom. The largest absolute Gasteiger partial charge is 0.335 e. The molecule has 1 fully saturated rings. The van der Waals surface area contributed by atoms with E-state index < -0.39 is 0 Å². The van der Waals surface area contributed by atoms with Gasteiger partial charge >= 0.3 is 6.03 Å². The van der Waals surface area contributed by atoms with Crippen LogP contribution in [0.1, 0.15) is 56.3 Å². The first-order chi connectivity index (χ1) is 10.1. The van der Waals surface area contributed by atoms with Gasteiger partial charge in [-0.15, -0.1) is 0 Å². The fraction of sp³-hybridized carbons (Fsp3) is 0.529. The van der Waals surface area contributed by atoms with E-state index in [1.54, 1.807) is 24.3 Å². The molecule has 2 amide bonds. The lowest BCUT2D eigenvalue weighted by molar-refractivity contribution is 0.101. The van der Waals surface area contributed by atoms with Crippen molar-refractivity contribution in [3.05, 3.63) is 29.8 Å². The molecule has 0 aliphatic heterocycles. The minimum absolute atomic E-state index is 0.00283. The van der Waals surface area contributed by atoms with E-state index in [2.05, 4.69) is 17.6 Å². The lowest BCUT2D eigenvalue weighted by Gasteiger charge is -2.28. The van der Waals surface area contributed by atoms with E-state index in [1.165, 1.54) is 26.2 Å². The molecule has 1 aromatic rings. The molecule has 21 heavy (non-hydrogen) atoms. The Hall–Kier alpha value is -1.84. The summed E-state index contributed by atoms with van der Waals surface area (Å²) >= 11 is 0. The number of benzene rings is 1. The molecule has 1 aliphatic rings. The third-order valence-electron chi connectivity index (χ3n) is 4.29. The Morgan fingerprint density at radius 3 is 2.52 bits per heavy atom. The van der Waals surface area contributed by atoms with Gasteiger partial charge in [0.1, 0.15) is 0 Å². The summed E-state index contributed by atoms with van der Waals surface area (Å²) in [7, 11) is 0. The van der Waals surface area contributed by atoms with Crippen LogP contribution in [0.3, 0.4) is 0 Å². The Labute approximate surface area is 126 Å². The highest BCUT2D eigenvalue weighted by atomic mass is 16.2. The van der Waals surface area contributed by atoms with Gasteiger partial charge in [0.2, 0.25) is 0 Å². The zero-order valence-electron chi connectivity index (χ0n) is 12.8. The minimum atomic E-state index is -0.185. The smallest absolute Gasteiger partial charge is 0.319 e. The molecular formula is C17H24N2O2. The van der Waals surface area contributed by atoms with E-state index >= 15 is 0 Å². The molecule has 1 aliphatic carbocycles. The van der Waals surface area contributed by atoms with Gasteiger partial charge in [0.25, 0.3) is 0 Å². The molecule has 114 valence electrons. The second-order valence-corrected chi connectivity index (χ2v) is 5.86. The van der Waals surface area contributed by atoms with Crippen molar-refractivity contribution in [3.63, 3.8) is 0 Å². The molecule has 0 radical (unpaired) electrons. The van der Waals surface area contributed by atoms with E-state index in [9.17, 15) is 9.59 Å².